The lowest BCUT2D eigenvalue weighted by Crippen LogP contribution is -2.28. The van der Waals surface area contributed by atoms with Gasteiger partial charge in [-0.2, -0.15) is 0 Å². The molecule has 1 aromatic heterocycles. The van der Waals surface area contributed by atoms with Gasteiger partial charge in [-0.3, -0.25) is 9.79 Å². The maximum Gasteiger partial charge on any atom is 0.309 e. The molecule has 2 aromatic rings. The van der Waals surface area contributed by atoms with Crippen molar-refractivity contribution in [2.24, 2.45) is 10.7 Å². The summed E-state index contributed by atoms with van der Waals surface area (Å²) in [5.41, 5.74) is 9.45. The monoisotopic (exact) mass is 369 g/mol. The SMILES string of the molecule is CC1(c2cccc(NC(=O)c3cnc(N[N+]#N)cn3)c2)CCSC(N)=N1. The number of hydrogen-bond donors (Lipinski definition) is 3. The summed E-state index contributed by atoms with van der Waals surface area (Å²) in [7, 11) is 0. The highest BCUT2D eigenvalue weighted by Crippen LogP contribution is 2.35. The molecular formula is C16H17N8OS+. The van der Waals surface area contributed by atoms with Gasteiger partial charge >= 0.3 is 5.08 Å². The molecule has 0 saturated carbocycles. The minimum atomic E-state index is -0.406. The van der Waals surface area contributed by atoms with Crippen molar-refractivity contribution in [2.75, 3.05) is 16.5 Å². The number of nitrogens with zero attached hydrogens (tertiary/aromatic N) is 5. The summed E-state index contributed by atoms with van der Waals surface area (Å²) in [6, 6.07) is 7.52. The molecule has 1 aromatic carbocycles. The fourth-order valence-corrected chi connectivity index (χ4v) is 3.55. The van der Waals surface area contributed by atoms with Gasteiger partial charge in [0.15, 0.2) is 5.17 Å². The van der Waals surface area contributed by atoms with Gasteiger partial charge in [0.2, 0.25) is 5.82 Å². The van der Waals surface area contributed by atoms with Crippen molar-refractivity contribution < 1.29 is 4.79 Å². The minimum Gasteiger partial charge on any atom is -0.379 e. The Kier molecular flexibility index (Phi) is 4.99. The predicted octanol–water partition coefficient (Wildman–Crippen LogP) is 2.58. The van der Waals surface area contributed by atoms with E-state index in [-0.39, 0.29) is 11.5 Å². The molecule has 1 amide bonds. The average Bonchev–Trinajstić information content (AvgIpc) is 2.63. The van der Waals surface area contributed by atoms with E-state index in [1.807, 2.05) is 25.1 Å². The Morgan fingerprint density at radius 1 is 1.38 bits per heavy atom. The number of aromatic nitrogens is 2. The van der Waals surface area contributed by atoms with Gasteiger partial charge < -0.3 is 11.1 Å². The Morgan fingerprint density at radius 3 is 2.92 bits per heavy atom. The van der Waals surface area contributed by atoms with Crippen LogP contribution in [0.25, 0.3) is 5.08 Å². The van der Waals surface area contributed by atoms with Crippen molar-refractivity contribution in [1.82, 2.24) is 9.97 Å². The molecule has 0 fully saturated rings. The molecule has 2 heterocycles. The van der Waals surface area contributed by atoms with Gasteiger partial charge in [0.25, 0.3) is 11.3 Å². The Morgan fingerprint density at radius 2 is 2.23 bits per heavy atom. The Labute approximate surface area is 154 Å². The molecule has 1 atom stereocenters. The van der Waals surface area contributed by atoms with Crippen LogP contribution in [-0.4, -0.2) is 26.8 Å². The van der Waals surface area contributed by atoms with E-state index in [0.29, 0.717) is 10.9 Å². The number of aliphatic imine (C=N–C) groups is 1. The first-order chi connectivity index (χ1) is 12.5. The second-order valence-corrected chi connectivity index (χ2v) is 6.97. The van der Waals surface area contributed by atoms with Crippen LogP contribution in [0.1, 0.15) is 29.4 Å². The number of hydrogen-bond acceptors (Lipinski definition) is 8. The number of carbonyl (C=O) groups excluding carboxylic acids is 1. The molecule has 0 saturated heterocycles. The molecule has 0 spiro atoms. The van der Waals surface area contributed by atoms with Crippen molar-refractivity contribution in [2.45, 2.75) is 18.9 Å². The summed E-state index contributed by atoms with van der Waals surface area (Å²) < 4.78 is 0. The summed E-state index contributed by atoms with van der Waals surface area (Å²) in [6.07, 6.45) is 3.45. The quantitative estimate of drug-likeness (QED) is 0.557. The zero-order chi connectivity index (χ0) is 18.6. The summed E-state index contributed by atoms with van der Waals surface area (Å²) in [6.45, 7) is 2.03. The van der Waals surface area contributed by atoms with E-state index in [0.717, 1.165) is 17.7 Å². The zero-order valence-electron chi connectivity index (χ0n) is 14.0. The van der Waals surface area contributed by atoms with Gasteiger partial charge in [0.05, 0.1) is 17.9 Å². The third kappa shape index (κ3) is 3.89. The minimum absolute atomic E-state index is 0.140. The highest BCUT2D eigenvalue weighted by atomic mass is 32.2. The van der Waals surface area contributed by atoms with Gasteiger partial charge in [-0.05, 0) is 31.0 Å². The number of amides is 1. The molecule has 1 aliphatic rings. The lowest BCUT2D eigenvalue weighted by Gasteiger charge is -2.30. The molecule has 0 radical (unpaired) electrons. The van der Waals surface area contributed by atoms with Crippen LogP contribution in [0.2, 0.25) is 0 Å². The van der Waals surface area contributed by atoms with Gasteiger partial charge in [-0.15, -0.1) is 0 Å². The first kappa shape index (κ1) is 17.6. The molecule has 0 bridgehead atoms. The second-order valence-electron chi connectivity index (χ2n) is 5.86. The summed E-state index contributed by atoms with van der Waals surface area (Å²) in [5, 5.41) is 14.5. The van der Waals surface area contributed by atoms with Crippen molar-refractivity contribution in [3.8, 4) is 0 Å². The summed E-state index contributed by atoms with van der Waals surface area (Å²) in [4.78, 5) is 24.8. The number of carbonyl (C=O) groups is 1. The van der Waals surface area contributed by atoms with Crippen LogP contribution < -0.4 is 16.5 Å². The molecule has 0 aliphatic carbocycles. The first-order valence-electron chi connectivity index (χ1n) is 7.82. The van der Waals surface area contributed by atoms with Crippen LogP contribution in [0.4, 0.5) is 11.5 Å². The number of nitrogens with one attached hydrogen (secondary N) is 2. The van der Waals surface area contributed by atoms with Crippen molar-refractivity contribution >= 4 is 34.3 Å². The van der Waals surface area contributed by atoms with Crippen molar-refractivity contribution in [3.05, 3.63) is 53.0 Å². The average molecular weight is 369 g/mol. The van der Waals surface area contributed by atoms with Crippen LogP contribution in [0.3, 0.4) is 0 Å². The predicted molar refractivity (Wildman–Crippen MR) is 101 cm³/mol. The van der Waals surface area contributed by atoms with Gasteiger partial charge in [-0.1, -0.05) is 23.9 Å². The van der Waals surface area contributed by atoms with Crippen LogP contribution in [0.15, 0.2) is 41.7 Å². The van der Waals surface area contributed by atoms with Crippen LogP contribution in [0, 0.1) is 5.39 Å². The van der Waals surface area contributed by atoms with Gasteiger partial charge in [0, 0.05) is 16.9 Å². The van der Waals surface area contributed by atoms with E-state index in [9.17, 15) is 4.79 Å². The molecule has 3 rings (SSSR count). The number of anilines is 2. The molecule has 1 aliphatic heterocycles. The van der Waals surface area contributed by atoms with E-state index >= 15 is 0 Å². The Bertz CT molecular complexity index is 892. The third-order valence-electron chi connectivity index (χ3n) is 3.99. The second kappa shape index (κ2) is 7.37. The number of nitrogens with two attached hydrogens (primary N) is 1. The summed E-state index contributed by atoms with van der Waals surface area (Å²) >= 11 is 1.55. The first-order valence-corrected chi connectivity index (χ1v) is 8.81. The lowest BCUT2D eigenvalue weighted by molar-refractivity contribution is 0.102. The molecule has 1 unspecified atom stereocenters. The lowest BCUT2D eigenvalue weighted by atomic mass is 9.89. The number of rotatable bonds is 4. The van der Waals surface area contributed by atoms with Gasteiger partial charge in [-0.25, -0.2) is 9.97 Å². The number of amidine groups is 1. The van der Waals surface area contributed by atoms with E-state index in [2.05, 4.69) is 30.8 Å². The molecular weight excluding hydrogens is 352 g/mol. The van der Waals surface area contributed by atoms with E-state index in [1.54, 1.807) is 17.8 Å². The number of diazo groups is 1. The Balaban J connectivity index is 1.77. The maximum absolute atomic E-state index is 12.3. The van der Waals surface area contributed by atoms with E-state index in [1.165, 1.54) is 12.4 Å². The normalized spacial score (nSPS) is 19.2. The summed E-state index contributed by atoms with van der Waals surface area (Å²) in [5.74, 6) is 0.734. The standard InChI is InChI=1S/C16H16N8OS/c1-16(5-6-26-15(17)22-16)10-3-2-4-11(7-10)21-14(25)12-8-20-13(9-19-12)23-24-18/h2-4,7-9H,5-6H2,1H3,(H3-,17,20,21,22,23,25)/p+1. The van der Waals surface area contributed by atoms with E-state index in [4.69, 9.17) is 11.1 Å². The largest absolute Gasteiger partial charge is 0.379 e. The molecule has 10 heteroatoms. The number of thioether (sulfide) groups is 1. The maximum atomic E-state index is 12.3. The van der Waals surface area contributed by atoms with E-state index < -0.39 is 11.4 Å². The fraction of sp³-hybridized carbons (Fsp3) is 0.250. The van der Waals surface area contributed by atoms with Crippen molar-refractivity contribution in [3.63, 3.8) is 0 Å². The smallest absolute Gasteiger partial charge is 0.309 e. The molecule has 26 heavy (non-hydrogen) atoms. The topological polar surface area (TPSA) is 133 Å². The highest BCUT2D eigenvalue weighted by molar-refractivity contribution is 8.13. The molecule has 132 valence electrons. The third-order valence-corrected chi connectivity index (χ3v) is 4.78. The number of benzene rings is 1. The van der Waals surface area contributed by atoms with Crippen LogP contribution >= 0.6 is 11.8 Å². The Hall–Kier alpha value is -3.19. The van der Waals surface area contributed by atoms with Gasteiger partial charge in [0.1, 0.15) is 5.69 Å². The van der Waals surface area contributed by atoms with Crippen LogP contribution in [-0.2, 0) is 5.54 Å². The highest BCUT2D eigenvalue weighted by Gasteiger charge is 2.29. The fourth-order valence-electron chi connectivity index (χ4n) is 2.58. The molecule has 4 N–H and O–H groups in total. The van der Waals surface area contributed by atoms with Crippen LogP contribution in [0.5, 0.6) is 0 Å². The molecule has 9 nitrogen and oxygen atoms in total. The van der Waals surface area contributed by atoms with Crippen molar-refractivity contribution in [1.29, 1.82) is 5.39 Å². The zero-order valence-corrected chi connectivity index (χ0v) is 14.8.